The van der Waals surface area contributed by atoms with Crippen molar-refractivity contribution in [1.82, 2.24) is 15.6 Å². The lowest BCUT2D eigenvalue weighted by atomic mass is 9.96. The Morgan fingerprint density at radius 2 is 1.89 bits per heavy atom. The Kier molecular flexibility index (Phi) is 4.72. The molecule has 6 heteroatoms. The fourth-order valence-corrected chi connectivity index (χ4v) is 4.33. The molecule has 2 aromatic carbocycles. The van der Waals surface area contributed by atoms with Gasteiger partial charge in [0, 0.05) is 27.2 Å². The molecule has 1 atom stereocenters. The van der Waals surface area contributed by atoms with Crippen LogP contribution in [0.25, 0.3) is 16.8 Å². The number of amides is 2. The summed E-state index contributed by atoms with van der Waals surface area (Å²) < 4.78 is 0. The molecule has 0 saturated carbocycles. The second kappa shape index (κ2) is 7.18. The minimum atomic E-state index is -0.297. The number of thiazole rings is 1. The van der Waals surface area contributed by atoms with Gasteiger partial charge in [0.2, 0.25) is 0 Å². The van der Waals surface area contributed by atoms with Crippen molar-refractivity contribution in [2.75, 3.05) is 0 Å². The number of nitrogens with zero attached hydrogens (tertiary/aromatic N) is 1. The molecule has 0 radical (unpaired) electrons. The predicted octanol–water partition coefficient (Wildman–Crippen LogP) is 5.56. The number of halogens is 1. The average Bonchev–Trinajstić information content (AvgIpc) is 3.11. The van der Waals surface area contributed by atoms with Crippen LogP contribution >= 0.6 is 22.9 Å². The Balaban J connectivity index is 1.76. The van der Waals surface area contributed by atoms with E-state index in [9.17, 15) is 4.79 Å². The van der Waals surface area contributed by atoms with Crippen LogP contribution in [-0.2, 0) is 0 Å². The van der Waals surface area contributed by atoms with Crippen molar-refractivity contribution in [2.45, 2.75) is 19.9 Å². The Hall–Kier alpha value is -2.63. The normalized spacial score (nSPS) is 16.9. The quantitative estimate of drug-likeness (QED) is 0.610. The molecule has 1 aliphatic heterocycles. The standard InChI is InChI=1S/C21H18ClN3OS/c1-12-6-8-14(9-7-12)17-11-27-20(24-17)18-13(2)23-21(26)25-19(18)15-4-3-5-16(22)10-15/h3-11,19H,1-2H3,(H2,23,25,26). The van der Waals surface area contributed by atoms with Gasteiger partial charge in [-0.2, -0.15) is 0 Å². The van der Waals surface area contributed by atoms with E-state index in [2.05, 4.69) is 41.8 Å². The monoisotopic (exact) mass is 395 g/mol. The summed E-state index contributed by atoms with van der Waals surface area (Å²) >= 11 is 7.74. The van der Waals surface area contributed by atoms with E-state index in [-0.39, 0.29) is 12.1 Å². The smallest absolute Gasteiger partial charge is 0.319 e. The average molecular weight is 396 g/mol. The van der Waals surface area contributed by atoms with Crippen LogP contribution in [0.3, 0.4) is 0 Å². The van der Waals surface area contributed by atoms with Crippen molar-refractivity contribution in [2.24, 2.45) is 0 Å². The van der Waals surface area contributed by atoms with Crippen molar-refractivity contribution < 1.29 is 4.79 Å². The molecular formula is C21H18ClN3OS. The van der Waals surface area contributed by atoms with Crippen LogP contribution in [0.5, 0.6) is 0 Å². The van der Waals surface area contributed by atoms with E-state index in [4.69, 9.17) is 16.6 Å². The summed E-state index contributed by atoms with van der Waals surface area (Å²) in [4.78, 5) is 16.9. The van der Waals surface area contributed by atoms with Crippen molar-refractivity contribution in [3.63, 3.8) is 0 Å². The SMILES string of the molecule is CC1=C(c2nc(-c3ccc(C)cc3)cs2)C(c2cccc(Cl)c2)NC(=O)N1. The molecule has 0 fully saturated rings. The Bertz CT molecular complexity index is 1040. The van der Waals surface area contributed by atoms with Crippen LogP contribution in [0.1, 0.15) is 29.1 Å². The van der Waals surface area contributed by atoms with Gasteiger partial charge in [0.25, 0.3) is 0 Å². The number of aromatic nitrogens is 1. The van der Waals surface area contributed by atoms with E-state index in [0.29, 0.717) is 5.02 Å². The maximum absolute atomic E-state index is 12.1. The third-order valence-electron chi connectivity index (χ3n) is 4.53. The van der Waals surface area contributed by atoms with Gasteiger partial charge in [-0.3, -0.25) is 0 Å². The Morgan fingerprint density at radius 1 is 1.11 bits per heavy atom. The maximum Gasteiger partial charge on any atom is 0.319 e. The first-order valence-electron chi connectivity index (χ1n) is 8.58. The molecule has 4 nitrogen and oxygen atoms in total. The van der Waals surface area contributed by atoms with Crippen LogP contribution in [0, 0.1) is 6.92 Å². The van der Waals surface area contributed by atoms with Gasteiger partial charge >= 0.3 is 6.03 Å². The number of allylic oxidation sites excluding steroid dienone is 1. The van der Waals surface area contributed by atoms with Crippen molar-refractivity contribution in [3.05, 3.63) is 80.8 Å². The van der Waals surface area contributed by atoms with Gasteiger partial charge in [-0.1, -0.05) is 53.6 Å². The molecule has 0 bridgehead atoms. The lowest BCUT2D eigenvalue weighted by Crippen LogP contribution is -2.42. The predicted molar refractivity (Wildman–Crippen MR) is 111 cm³/mol. The van der Waals surface area contributed by atoms with E-state index < -0.39 is 0 Å². The molecule has 1 aliphatic rings. The first-order chi connectivity index (χ1) is 13.0. The van der Waals surface area contributed by atoms with E-state index >= 15 is 0 Å². The third kappa shape index (κ3) is 3.61. The molecule has 0 spiro atoms. The van der Waals surface area contributed by atoms with E-state index in [1.807, 2.05) is 36.6 Å². The summed E-state index contributed by atoms with van der Waals surface area (Å²) in [6.45, 7) is 3.97. The molecule has 27 heavy (non-hydrogen) atoms. The second-order valence-corrected chi connectivity index (χ2v) is 7.82. The summed E-state index contributed by atoms with van der Waals surface area (Å²) in [5, 5.41) is 9.42. The van der Waals surface area contributed by atoms with Gasteiger partial charge in [-0.25, -0.2) is 9.78 Å². The van der Waals surface area contributed by atoms with Gasteiger partial charge in [-0.15, -0.1) is 11.3 Å². The number of hydrogen-bond acceptors (Lipinski definition) is 3. The first kappa shape index (κ1) is 17.8. The maximum atomic E-state index is 12.1. The number of aryl methyl sites for hydroxylation is 1. The van der Waals surface area contributed by atoms with Crippen LogP contribution < -0.4 is 10.6 Å². The van der Waals surface area contributed by atoms with E-state index in [1.165, 1.54) is 5.56 Å². The molecule has 4 rings (SSSR count). The fourth-order valence-electron chi connectivity index (χ4n) is 3.17. The van der Waals surface area contributed by atoms with Gasteiger partial charge in [0.1, 0.15) is 5.01 Å². The van der Waals surface area contributed by atoms with Gasteiger partial charge < -0.3 is 10.6 Å². The third-order valence-corrected chi connectivity index (χ3v) is 5.64. The lowest BCUT2D eigenvalue weighted by molar-refractivity contribution is 0.240. The van der Waals surface area contributed by atoms with Gasteiger partial charge in [0.05, 0.1) is 11.7 Å². The minimum absolute atomic E-state index is 0.225. The van der Waals surface area contributed by atoms with Crippen molar-refractivity contribution >= 4 is 34.5 Å². The highest BCUT2D eigenvalue weighted by atomic mass is 35.5. The highest BCUT2D eigenvalue weighted by Gasteiger charge is 2.29. The van der Waals surface area contributed by atoms with E-state index in [0.717, 1.165) is 33.1 Å². The molecule has 2 amide bonds. The molecule has 0 aliphatic carbocycles. The van der Waals surface area contributed by atoms with Crippen LogP contribution in [0.2, 0.25) is 5.02 Å². The fraction of sp³-hybridized carbons (Fsp3) is 0.143. The Labute approximate surface area is 166 Å². The zero-order valence-corrected chi connectivity index (χ0v) is 16.5. The summed E-state index contributed by atoms with van der Waals surface area (Å²) in [6.07, 6.45) is 0. The second-order valence-electron chi connectivity index (χ2n) is 6.53. The molecule has 2 N–H and O–H groups in total. The highest BCUT2D eigenvalue weighted by Crippen LogP contribution is 2.37. The van der Waals surface area contributed by atoms with Gasteiger partial charge in [0.15, 0.2) is 0 Å². The number of urea groups is 1. The molecule has 3 aromatic rings. The molecule has 136 valence electrons. The molecule has 0 saturated heterocycles. The molecular weight excluding hydrogens is 378 g/mol. The Morgan fingerprint density at radius 3 is 2.63 bits per heavy atom. The summed E-state index contributed by atoms with van der Waals surface area (Å²) in [5.41, 5.74) is 5.91. The lowest BCUT2D eigenvalue weighted by Gasteiger charge is -2.28. The molecule has 2 heterocycles. The minimum Gasteiger partial charge on any atom is -0.327 e. The number of carbonyl (C=O) groups excluding carboxylic acids is 1. The first-order valence-corrected chi connectivity index (χ1v) is 9.84. The number of rotatable bonds is 3. The van der Waals surface area contributed by atoms with E-state index in [1.54, 1.807) is 11.3 Å². The molecule has 1 aromatic heterocycles. The summed E-state index contributed by atoms with van der Waals surface area (Å²) in [7, 11) is 0. The van der Waals surface area contributed by atoms with Crippen LogP contribution in [0.4, 0.5) is 4.79 Å². The number of benzene rings is 2. The topological polar surface area (TPSA) is 54.0 Å². The van der Waals surface area contributed by atoms with Gasteiger partial charge in [-0.05, 0) is 31.5 Å². The summed E-state index contributed by atoms with van der Waals surface area (Å²) in [6, 6.07) is 15.3. The van der Waals surface area contributed by atoms with Crippen LogP contribution in [0.15, 0.2) is 59.6 Å². The highest BCUT2D eigenvalue weighted by molar-refractivity contribution is 7.11. The summed E-state index contributed by atoms with van der Waals surface area (Å²) in [5.74, 6) is 0. The van der Waals surface area contributed by atoms with Crippen molar-refractivity contribution in [1.29, 1.82) is 0 Å². The zero-order chi connectivity index (χ0) is 19.0. The zero-order valence-electron chi connectivity index (χ0n) is 14.9. The van der Waals surface area contributed by atoms with Crippen LogP contribution in [-0.4, -0.2) is 11.0 Å². The largest absolute Gasteiger partial charge is 0.327 e. The van der Waals surface area contributed by atoms with Crippen molar-refractivity contribution in [3.8, 4) is 11.3 Å². The number of nitrogens with one attached hydrogen (secondary N) is 2. The molecule has 1 unspecified atom stereocenters. The number of hydrogen-bond donors (Lipinski definition) is 2. The number of carbonyl (C=O) groups is 1.